The van der Waals surface area contributed by atoms with Gasteiger partial charge in [0.15, 0.2) is 0 Å². The third-order valence-corrected chi connectivity index (χ3v) is 4.42. The zero-order chi connectivity index (χ0) is 16.1. The number of carbonyl (C=O) groups is 1. The van der Waals surface area contributed by atoms with Gasteiger partial charge in [0.25, 0.3) is 0 Å². The van der Waals surface area contributed by atoms with Crippen LogP contribution in [0.25, 0.3) is 0 Å². The van der Waals surface area contributed by atoms with E-state index in [1.165, 1.54) is 5.56 Å². The lowest BCUT2D eigenvalue weighted by molar-refractivity contribution is -0.132. The van der Waals surface area contributed by atoms with Crippen LogP contribution in [-0.4, -0.2) is 29.4 Å². The molecule has 0 bridgehead atoms. The second kappa shape index (κ2) is 7.27. The molecule has 1 aromatic heterocycles. The van der Waals surface area contributed by atoms with Crippen molar-refractivity contribution in [2.45, 2.75) is 31.7 Å². The molecule has 1 fully saturated rings. The van der Waals surface area contributed by atoms with E-state index in [-0.39, 0.29) is 11.9 Å². The number of benzene rings is 1. The number of amides is 1. The number of hydrogen-bond donors (Lipinski definition) is 0. The van der Waals surface area contributed by atoms with Crippen LogP contribution in [0.2, 0.25) is 0 Å². The van der Waals surface area contributed by atoms with Gasteiger partial charge in [-0.05, 0) is 48.6 Å². The summed E-state index contributed by atoms with van der Waals surface area (Å²) >= 11 is 0. The first-order chi connectivity index (χ1) is 11.3. The topological polar surface area (TPSA) is 42.4 Å². The molecule has 1 unspecified atom stereocenters. The quantitative estimate of drug-likeness (QED) is 0.850. The number of rotatable bonds is 5. The predicted octanol–water partition coefficient (Wildman–Crippen LogP) is 3.39. The number of ether oxygens (including phenoxy) is 1. The molecule has 1 aliphatic rings. The maximum atomic E-state index is 12.6. The molecule has 0 radical (unpaired) electrons. The molecule has 2 aromatic rings. The first kappa shape index (κ1) is 15.5. The van der Waals surface area contributed by atoms with Crippen molar-refractivity contribution in [3.63, 3.8) is 0 Å². The Morgan fingerprint density at radius 2 is 2.13 bits per heavy atom. The first-order valence-corrected chi connectivity index (χ1v) is 8.10. The minimum absolute atomic E-state index is 0.197. The summed E-state index contributed by atoms with van der Waals surface area (Å²) in [7, 11) is 1.67. The summed E-state index contributed by atoms with van der Waals surface area (Å²) in [5.41, 5.74) is 2.30. The van der Waals surface area contributed by atoms with E-state index in [0.29, 0.717) is 6.42 Å². The Balaban J connectivity index is 1.64. The number of pyridine rings is 1. The van der Waals surface area contributed by atoms with Crippen LogP contribution < -0.4 is 4.74 Å². The van der Waals surface area contributed by atoms with E-state index in [1.54, 1.807) is 13.3 Å². The lowest BCUT2D eigenvalue weighted by atomic mass is 10.0. The minimum Gasteiger partial charge on any atom is -0.497 e. The fraction of sp³-hybridized carbons (Fsp3) is 0.368. The summed E-state index contributed by atoms with van der Waals surface area (Å²) in [4.78, 5) is 18.7. The molecule has 1 saturated heterocycles. The molecule has 0 saturated carbocycles. The maximum Gasteiger partial charge on any atom is 0.223 e. The van der Waals surface area contributed by atoms with E-state index < -0.39 is 0 Å². The maximum absolute atomic E-state index is 12.6. The largest absolute Gasteiger partial charge is 0.497 e. The summed E-state index contributed by atoms with van der Waals surface area (Å²) in [5, 5.41) is 0. The number of aromatic nitrogens is 1. The molecule has 4 heteroatoms. The molecular weight excluding hydrogens is 288 g/mol. The van der Waals surface area contributed by atoms with E-state index >= 15 is 0 Å². The second-order valence-corrected chi connectivity index (χ2v) is 5.88. The van der Waals surface area contributed by atoms with Gasteiger partial charge in [-0.3, -0.25) is 9.78 Å². The van der Waals surface area contributed by atoms with Gasteiger partial charge in [-0.1, -0.05) is 18.2 Å². The highest BCUT2D eigenvalue weighted by Crippen LogP contribution is 2.33. The average molecular weight is 310 g/mol. The summed E-state index contributed by atoms with van der Waals surface area (Å²) < 4.78 is 5.21. The highest BCUT2D eigenvalue weighted by atomic mass is 16.5. The molecule has 120 valence electrons. The molecule has 2 heterocycles. The molecule has 0 spiro atoms. The number of carbonyl (C=O) groups excluding carboxylic acids is 1. The highest BCUT2D eigenvalue weighted by molar-refractivity contribution is 5.77. The van der Waals surface area contributed by atoms with Crippen LogP contribution in [-0.2, 0) is 11.2 Å². The fourth-order valence-corrected chi connectivity index (χ4v) is 3.18. The Morgan fingerprint density at radius 1 is 1.30 bits per heavy atom. The zero-order valence-corrected chi connectivity index (χ0v) is 13.4. The molecule has 0 aliphatic carbocycles. The van der Waals surface area contributed by atoms with Gasteiger partial charge in [0, 0.05) is 25.4 Å². The molecule has 1 aromatic carbocycles. The van der Waals surface area contributed by atoms with Crippen molar-refractivity contribution in [1.82, 2.24) is 9.88 Å². The van der Waals surface area contributed by atoms with Crippen molar-refractivity contribution < 1.29 is 9.53 Å². The summed E-state index contributed by atoms with van der Waals surface area (Å²) in [6, 6.07) is 12.2. The minimum atomic E-state index is 0.197. The van der Waals surface area contributed by atoms with Crippen LogP contribution in [0.3, 0.4) is 0 Å². The third-order valence-electron chi connectivity index (χ3n) is 4.42. The van der Waals surface area contributed by atoms with Gasteiger partial charge in [-0.25, -0.2) is 0 Å². The Labute approximate surface area is 137 Å². The average Bonchev–Trinajstić information content (AvgIpc) is 3.10. The van der Waals surface area contributed by atoms with Gasteiger partial charge in [-0.15, -0.1) is 0 Å². The van der Waals surface area contributed by atoms with Gasteiger partial charge in [-0.2, -0.15) is 0 Å². The highest BCUT2D eigenvalue weighted by Gasteiger charge is 2.29. The number of likely N-dealkylation sites (tertiary alicyclic amines) is 1. The molecule has 3 rings (SSSR count). The number of aryl methyl sites for hydroxylation is 1. The van der Waals surface area contributed by atoms with Gasteiger partial charge in [0.05, 0.1) is 13.2 Å². The molecule has 23 heavy (non-hydrogen) atoms. The van der Waals surface area contributed by atoms with E-state index in [2.05, 4.69) is 17.1 Å². The molecule has 0 N–H and O–H groups in total. The van der Waals surface area contributed by atoms with Gasteiger partial charge < -0.3 is 9.64 Å². The van der Waals surface area contributed by atoms with Crippen molar-refractivity contribution in [1.29, 1.82) is 0 Å². The summed E-state index contributed by atoms with van der Waals surface area (Å²) in [6.07, 6.45) is 6.97. The zero-order valence-electron chi connectivity index (χ0n) is 13.4. The Kier molecular flexibility index (Phi) is 4.91. The van der Waals surface area contributed by atoms with E-state index in [1.807, 2.05) is 35.4 Å². The van der Waals surface area contributed by atoms with Gasteiger partial charge >= 0.3 is 0 Å². The smallest absolute Gasteiger partial charge is 0.223 e. The van der Waals surface area contributed by atoms with Gasteiger partial charge in [0.2, 0.25) is 5.91 Å². The normalized spacial score (nSPS) is 17.3. The van der Waals surface area contributed by atoms with E-state index in [9.17, 15) is 4.79 Å². The van der Waals surface area contributed by atoms with Crippen LogP contribution in [0.4, 0.5) is 0 Å². The SMILES string of the molecule is COc1ccc(C2CCCN2C(=O)CCc2cccnc2)cc1. The summed E-state index contributed by atoms with van der Waals surface area (Å²) in [5.74, 6) is 1.08. The van der Waals surface area contributed by atoms with E-state index in [4.69, 9.17) is 4.74 Å². The van der Waals surface area contributed by atoms with Crippen LogP contribution in [0.15, 0.2) is 48.8 Å². The second-order valence-electron chi connectivity index (χ2n) is 5.88. The lowest BCUT2D eigenvalue weighted by Gasteiger charge is -2.25. The molecule has 1 atom stereocenters. The van der Waals surface area contributed by atoms with E-state index in [0.717, 1.165) is 37.1 Å². The molecule has 1 aliphatic heterocycles. The predicted molar refractivity (Wildman–Crippen MR) is 89.2 cm³/mol. The van der Waals surface area contributed by atoms with Crippen molar-refractivity contribution in [3.05, 3.63) is 59.9 Å². The standard InChI is InChI=1S/C19H22N2O2/c1-23-17-9-7-16(8-10-17)18-5-3-13-21(18)19(22)11-6-15-4-2-12-20-14-15/h2,4,7-10,12,14,18H,3,5-6,11,13H2,1H3. The molecule has 1 amide bonds. The molecular formula is C19H22N2O2. The van der Waals surface area contributed by atoms with Crippen LogP contribution in [0.5, 0.6) is 5.75 Å². The van der Waals surface area contributed by atoms with Crippen LogP contribution >= 0.6 is 0 Å². The van der Waals surface area contributed by atoms with Crippen LogP contribution in [0.1, 0.15) is 36.4 Å². The van der Waals surface area contributed by atoms with Crippen molar-refractivity contribution >= 4 is 5.91 Å². The number of methoxy groups -OCH3 is 1. The fourth-order valence-electron chi connectivity index (χ4n) is 3.18. The van der Waals surface area contributed by atoms with Crippen molar-refractivity contribution in [2.24, 2.45) is 0 Å². The first-order valence-electron chi connectivity index (χ1n) is 8.10. The molecule has 4 nitrogen and oxygen atoms in total. The van der Waals surface area contributed by atoms with Crippen LogP contribution in [0, 0.1) is 0 Å². The Morgan fingerprint density at radius 3 is 2.83 bits per heavy atom. The number of hydrogen-bond acceptors (Lipinski definition) is 3. The van der Waals surface area contributed by atoms with Crippen molar-refractivity contribution in [3.8, 4) is 5.75 Å². The summed E-state index contributed by atoms with van der Waals surface area (Å²) in [6.45, 7) is 0.850. The number of nitrogens with zero attached hydrogens (tertiary/aromatic N) is 2. The monoisotopic (exact) mass is 310 g/mol. The van der Waals surface area contributed by atoms with Crippen molar-refractivity contribution in [2.75, 3.05) is 13.7 Å². The Bertz CT molecular complexity index is 640. The van der Waals surface area contributed by atoms with Gasteiger partial charge in [0.1, 0.15) is 5.75 Å². The Hall–Kier alpha value is -2.36. The third kappa shape index (κ3) is 3.70. The lowest BCUT2D eigenvalue weighted by Crippen LogP contribution is -2.30.